The first kappa shape index (κ1) is 66.6. The zero-order valence-corrected chi connectivity index (χ0v) is 33.4. The molecule has 0 fully saturated rings. The van der Waals surface area contributed by atoms with Crippen LogP contribution in [-0.4, -0.2) is 120 Å². The van der Waals surface area contributed by atoms with Gasteiger partial charge in [0.25, 0.3) is 0 Å². The Labute approximate surface area is 366 Å². The Kier molecular flexibility index (Phi) is 19.8. The summed E-state index contributed by atoms with van der Waals surface area (Å²) in [6, 6.07) is 0. The first-order chi connectivity index (χ1) is 30.5. The Balaban J connectivity index is 4.98. The van der Waals surface area contributed by atoms with Crippen molar-refractivity contribution >= 4 is 11.9 Å². The summed E-state index contributed by atoms with van der Waals surface area (Å²) in [5, 5.41) is 0. The van der Waals surface area contributed by atoms with Gasteiger partial charge in [-0.25, -0.2) is 0 Å². The van der Waals surface area contributed by atoms with Crippen LogP contribution in [0.2, 0.25) is 0 Å². The minimum atomic E-state index is -8.82. The van der Waals surface area contributed by atoms with E-state index in [9.17, 15) is 159 Å². The Hall–Kier alpha value is -3.44. The molecular weight excluding hydrogens is 1090 g/mol. The lowest BCUT2D eigenvalue weighted by molar-refractivity contribution is -0.461. The predicted octanol–water partition coefficient (Wildman–Crippen LogP) is 14.8. The maximum atomic E-state index is 13.9. The highest BCUT2D eigenvalue weighted by Gasteiger charge is 2.97. The zero-order valence-electron chi connectivity index (χ0n) is 33.4. The van der Waals surface area contributed by atoms with Crippen LogP contribution in [0.4, 0.5) is 149 Å². The van der Waals surface area contributed by atoms with Gasteiger partial charge in [0.05, 0.1) is 26.1 Å². The number of rotatable bonds is 29. The second-order valence-corrected chi connectivity index (χ2v) is 14.6. The molecule has 0 aliphatic carbocycles. The summed E-state index contributed by atoms with van der Waals surface area (Å²) in [4.78, 5) is 23.3. The Morgan fingerprint density at radius 2 is 0.414 bits per heavy atom. The smallest absolute Gasteiger partial charge is 0.460 e. The van der Waals surface area contributed by atoms with Gasteiger partial charge in [0, 0.05) is 12.8 Å². The monoisotopic (exact) mass is 1120 g/mol. The van der Waals surface area contributed by atoms with Gasteiger partial charge in [0.2, 0.25) is 0 Å². The molecule has 0 aliphatic rings. The summed E-state index contributed by atoms with van der Waals surface area (Å²) in [5.41, 5.74) is 0. The Bertz CT molecular complexity index is 1610. The minimum absolute atomic E-state index is 0.000646. The summed E-state index contributed by atoms with van der Waals surface area (Å²) in [6.45, 7) is -4.30. The number of unbranched alkanes of at least 4 members (excludes halogenated alkanes) is 7. The van der Waals surface area contributed by atoms with E-state index in [4.69, 9.17) is 0 Å². The van der Waals surface area contributed by atoms with Crippen molar-refractivity contribution in [2.75, 3.05) is 13.2 Å². The highest BCUT2D eigenvalue weighted by atomic mass is 19.4. The normalized spacial score (nSPS) is 15.6. The third-order valence-corrected chi connectivity index (χ3v) is 9.44. The molecule has 0 saturated heterocycles. The lowest BCUT2D eigenvalue weighted by Gasteiger charge is -2.42. The fourth-order valence-corrected chi connectivity index (χ4v) is 5.04. The van der Waals surface area contributed by atoms with E-state index < -0.39 is 146 Å². The van der Waals surface area contributed by atoms with Crippen molar-refractivity contribution in [3.8, 4) is 0 Å². The molecule has 0 heterocycles. The van der Waals surface area contributed by atoms with Crippen molar-refractivity contribution in [1.29, 1.82) is 0 Å². The molecule has 418 valence electrons. The maximum Gasteiger partial charge on any atom is 0.460 e. The topological polar surface area (TPSA) is 52.6 Å². The molecule has 0 unspecified atom stereocenters. The third-order valence-electron chi connectivity index (χ3n) is 9.44. The fraction of sp³-hybridized carbons (Fsp3) is 0.938. The van der Waals surface area contributed by atoms with Gasteiger partial charge in [-0.05, 0) is 12.8 Å². The molecule has 0 atom stereocenters. The molecule has 38 heteroatoms. The molecular formula is C32H28F34O4. The second kappa shape index (κ2) is 20.8. The molecule has 0 spiro atoms. The van der Waals surface area contributed by atoms with E-state index >= 15 is 0 Å². The van der Waals surface area contributed by atoms with Crippen LogP contribution in [0.5, 0.6) is 0 Å². The van der Waals surface area contributed by atoms with E-state index in [0.717, 1.165) is 0 Å². The van der Waals surface area contributed by atoms with Crippen LogP contribution in [0.1, 0.15) is 77.0 Å². The number of halogens is 34. The second-order valence-electron chi connectivity index (χ2n) is 14.6. The van der Waals surface area contributed by atoms with Crippen LogP contribution in [0.25, 0.3) is 0 Å². The van der Waals surface area contributed by atoms with E-state index in [2.05, 4.69) is 9.47 Å². The van der Waals surface area contributed by atoms with Crippen molar-refractivity contribution < 1.29 is 168 Å². The highest BCUT2D eigenvalue weighted by Crippen LogP contribution is 2.66. The molecule has 0 saturated carbocycles. The van der Waals surface area contributed by atoms with Crippen molar-refractivity contribution in [3.63, 3.8) is 0 Å². The third kappa shape index (κ3) is 11.7. The van der Waals surface area contributed by atoms with Gasteiger partial charge in [-0.1, -0.05) is 38.5 Å². The maximum absolute atomic E-state index is 13.9. The number of carbonyl (C=O) groups is 2. The van der Waals surface area contributed by atoms with Gasteiger partial charge < -0.3 is 9.47 Å². The molecule has 0 radical (unpaired) electrons. The van der Waals surface area contributed by atoms with E-state index in [-0.39, 0.29) is 51.4 Å². The van der Waals surface area contributed by atoms with E-state index in [1.807, 2.05) is 0 Å². The number of esters is 2. The molecule has 4 nitrogen and oxygen atoms in total. The van der Waals surface area contributed by atoms with E-state index in [1.54, 1.807) is 0 Å². The van der Waals surface area contributed by atoms with Crippen molar-refractivity contribution in [3.05, 3.63) is 0 Å². The number of hydrogen-bond acceptors (Lipinski definition) is 4. The van der Waals surface area contributed by atoms with Crippen molar-refractivity contribution in [1.82, 2.24) is 0 Å². The minimum Gasteiger partial charge on any atom is -0.465 e. The predicted molar refractivity (Wildman–Crippen MR) is 159 cm³/mol. The van der Waals surface area contributed by atoms with Crippen LogP contribution >= 0.6 is 0 Å². The quantitative estimate of drug-likeness (QED) is 0.0425. The number of hydrogen-bond donors (Lipinski definition) is 0. The lowest BCUT2D eigenvalue weighted by Crippen LogP contribution is -2.74. The first-order valence-corrected chi connectivity index (χ1v) is 18.2. The molecule has 0 bridgehead atoms. The van der Waals surface area contributed by atoms with E-state index in [1.165, 1.54) is 0 Å². The van der Waals surface area contributed by atoms with Crippen LogP contribution < -0.4 is 0 Å². The molecule has 0 aromatic carbocycles. The number of ether oxygens (including phenoxy) is 2. The molecule has 0 aliphatic heterocycles. The van der Waals surface area contributed by atoms with Gasteiger partial charge in [-0.15, -0.1) is 0 Å². The Morgan fingerprint density at radius 1 is 0.243 bits per heavy atom. The summed E-state index contributed by atoms with van der Waals surface area (Å²) in [7, 11) is 0. The van der Waals surface area contributed by atoms with Gasteiger partial charge in [-0.3, -0.25) is 9.59 Å². The summed E-state index contributed by atoms with van der Waals surface area (Å²) >= 11 is 0. The molecule has 0 amide bonds. The largest absolute Gasteiger partial charge is 0.465 e. The van der Waals surface area contributed by atoms with Crippen LogP contribution in [0.3, 0.4) is 0 Å². The van der Waals surface area contributed by atoms with Crippen LogP contribution in [0, 0.1) is 0 Å². The highest BCUT2D eigenvalue weighted by molar-refractivity contribution is 5.69. The van der Waals surface area contributed by atoms with Crippen LogP contribution in [0.15, 0.2) is 0 Å². The van der Waals surface area contributed by atoms with Crippen molar-refractivity contribution in [2.45, 2.75) is 172 Å². The molecule has 0 aromatic rings. The van der Waals surface area contributed by atoms with Gasteiger partial charge in [0.15, 0.2) is 0 Å². The summed E-state index contributed by atoms with van der Waals surface area (Å²) in [5.74, 6) is -119. The van der Waals surface area contributed by atoms with Gasteiger partial charge in [-0.2, -0.15) is 149 Å². The van der Waals surface area contributed by atoms with Crippen molar-refractivity contribution in [2.24, 2.45) is 0 Å². The molecule has 0 aromatic heterocycles. The van der Waals surface area contributed by atoms with Crippen LogP contribution in [-0.2, 0) is 19.1 Å². The van der Waals surface area contributed by atoms with Gasteiger partial charge in [0.1, 0.15) is 0 Å². The summed E-state index contributed by atoms with van der Waals surface area (Å²) < 4.78 is 461. The number of alkyl halides is 34. The Morgan fingerprint density at radius 3 is 0.614 bits per heavy atom. The molecule has 0 rings (SSSR count). The number of carbonyl (C=O) groups excluding carboxylic acids is 2. The van der Waals surface area contributed by atoms with Gasteiger partial charge >= 0.3 is 107 Å². The SMILES string of the molecule is O=C(CCCCCCCCCCC(=O)OCCC(F)(F)C(F)(F)C(F)(F)C(F)(F)C(F)(F)C(F)(F)C(F)(F)C(F)(F)F)OCCC(F)(F)C(F)(F)C(F)(F)C(F)(F)C(F)(F)C(F)(F)C(F)(F)C(F)(F)F. The fourth-order valence-electron chi connectivity index (χ4n) is 5.04. The van der Waals surface area contributed by atoms with E-state index in [0.29, 0.717) is 0 Å². The summed E-state index contributed by atoms with van der Waals surface area (Å²) in [6.07, 6.45) is -23.4. The molecule has 0 N–H and O–H groups in total. The lowest BCUT2D eigenvalue weighted by atomic mass is 9.88. The average Bonchev–Trinajstić information content (AvgIpc) is 3.16. The zero-order chi connectivity index (χ0) is 56.5. The molecule has 70 heavy (non-hydrogen) atoms. The average molecular weight is 1120 g/mol. The first-order valence-electron chi connectivity index (χ1n) is 18.2. The standard InChI is InChI=1S/C32H28F34O4/c33-17(34,19(37,38)21(41,42)23(45,46)25(49,50)27(53,54)29(57,58)31(61,62)63)11-13-69-15(67)9-7-5-3-1-2-4-6-8-10-16(68)70-14-12-18(35,36)20(39,40)22(43,44)24(47,48)26(51,52)28(55,56)30(59,60)32(64,65)66/h1-14H2.